The molecule has 0 amide bonds. The fraction of sp³-hybridized carbons (Fsp3) is 0.583. The Labute approximate surface area is 98.2 Å². The van der Waals surface area contributed by atoms with Gasteiger partial charge < -0.3 is 5.32 Å². The van der Waals surface area contributed by atoms with Crippen molar-refractivity contribution in [3.63, 3.8) is 0 Å². The number of aromatic nitrogens is 1. The second-order valence-electron chi connectivity index (χ2n) is 4.43. The van der Waals surface area contributed by atoms with Crippen molar-refractivity contribution in [3.05, 3.63) is 23.9 Å². The van der Waals surface area contributed by atoms with Gasteiger partial charge in [0.2, 0.25) is 0 Å². The smallest absolute Gasteiger partial charge is 0.367 e. The number of pyridine rings is 1. The molecule has 0 radical (unpaired) electrons. The molecule has 17 heavy (non-hydrogen) atoms. The molecular formula is C12H15F3N2. The van der Waals surface area contributed by atoms with Crippen LogP contribution in [0.4, 0.5) is 19.0 Å². The van der Waals surface area contributed by atoms with Gasteiger partial charge in [-0.3, -0.25) is 0 Å². The number of rotatable bonds is 4. The maximum Gasteiger partial charge on any atom is 0.419 e. The van der Waals surface area contributed by atoms with Gasteiger partial charge in [0.1, 0.15) is 5.82 Å². The Bertz CT molecular complexity index is 390. The highest BCUT2D eigenvalue weighted by molar-refractivity contribution is 5.47. The lowest BCUT2D eigenvalue weighted by atomic mass is 10.2. The molecule has 1 N–H and O–H groups in total. The molecule has 1 fully saturated rings. The van der Waals surface area contributed by atoms with E-state index in [1.54, 1.807) is 0 Å². The van der Waals surface area contributed by atoms with Crippen LogP contribution in [0.25, 0.3) is 0 Å². The number of halogens is 3. The van der Waals surface area contributed by atoms with Crippen molar-refractivity contribution >= 4 is 5.82 Å². The van der Waals surface area contributed by atoms with Crippen molar-refractivity contribution in [1.29, 1.82) is 0 Å². The molecule has 0 bridgehead atoms. The van der Waals surface area contributed by atoms with Crippen LogP contribution in [-0.4, -0.2) is 11.0 Å². The van der Waals surface area contributed by atoms with E-state index < -0.39 is 11.7 Å². The minimum absolute atomic E-state index is 0.0383. The highest BCUT2D eigenvalue weighted by atomic mass is 19.4. The van der Waals surface area contributed by atoms with E-state index in [0.29, 0.717) is 5.92 Å². The van der Waals surface area contributed by atoms with E-state index in [1.807, 2.05) is 0 Å². The Hall–Kier alpha value is -1.26. The Kier molecular flexibility index (Phi) is 3.26. The van der Waals surface area contributed by atoms with Crippen molar-refractivity contribution < 1.29 is 13.2 Å². The van der Waals surface area contributed by atoms with Crippen molar-refractivity contribution in [2.45, 2.75) is 38.4 Å². The zero-order valence-electron chi connectivity index (χ0n) is 9.59. The second kappa shape index (κ2) is 4.55. The monoisotopic (exact) mass is 244 g/mol. The molecule has 5 heteroatoms. The van der Waals surface area contributed by atoms with E-state index in [4.69, 9.17) is 0 Å². The maximum atomic E-state index is 12.7. The van der Waals surface area contributed by atoms with E-state index in [1.165, 1.54) is 12.3 Å². The summed E-state index contributed by atoms with van der Waals surface area (Å²) in [5.74, 6) is 0.465. The molecule has 1 aromatic rings. The molecule has 2 unspecified atom stereocenters. The summed E-state index contributed by atoms with van der Waals surface area (Å²) in [4.78, 5) is 3.79. The molecule has 0 saturated heterocycles. The second-order valence-corrected chi connectivity index (χ2v) is 4.43. The molecule has 1 aliphatic rings. The van der Waals surface area contributed by atoms with Crippen molar-refractivity contribution in [1.82, 2.24) is 4.98 Å². The molecule has 2 rings (SSSR count). The third-order valence-corrected chi connectivity index (χ3v) is 3.02. The van der Waals surface area contributed by atoms with Gasteiger partial charge in [0, 0.05) is 12.2 Å². The van der Waals surface area contributed by atoms with E-state index in [9.17, 15) is 13.2 Å². The molecule has 0 spiro atoms. The van der Waals surface area contributed by atoms with Crippen LogP contribution in [0.1, 0.15) is 31.7 Å². The fourth-order valence-electron chi connectivity index (χ4n) is 2.04. The summed E-state index contributed by atoms with van der Waals surface area (Å²) in [7, 11) is 0. The average molecular weight is 244 g/mol. The standard InChI is InChI=1S/C12H15F3N2/c1-2-4-8-7-10(8)17-11-9(12(13,14)15)5-3-6-16-11/h3,5-6,8,10H,2,4,7H2,1H3,(H,16,17). The summed E-state index contributed by atoms with van der Waals surface area (Å²) in [6, 6.07) is 2.53. The lowest BCUT2D eigenvalue weighted by Crippen LogP contribution is -2.14. The van der Waals surface area contributed by atoms with Crippen LogP contribution >= 0.6 is 0 Å². The van der Waals surface area contributed by atoms with E-state index in [-0.39, 0.29) is 11.9 Å². The Morgan fingerprint density at radius 1 is 1.47 bits per heavy atom. The molecule has 1 aromatic heterocycles. The quantitative estimate of drug-likeness (QED) is 0.873. The summed E-state index contributed by atoms with van der Waals surface area (Å²) in [6.45, 7) is 2.08. The van der Waals surface area contributed by atoms with Crippen LogP contribution in [0.5, 0.6) is 0 Å². The molecule has 2 nitrogen and oxygen atoms in total. The first-order valence-electron chi connectivity index (χ1n) is 5.81. The number of hydrogen-bond acceptors (Lipinski definition) is 2. The largest absolute Gasteiger partial charge is 0.419 e. The minimum atomic E-state index is -4.34. The topological polar surface area (TPSA) is 24.9 Å². The first kappa shape index (κ1) is 12.2. The van der Waals surface area contributed by atoms with Crippen molar-refractivity contribution in [2.75, 3.05) is 5.32 Å². The normalized spacial score (nSPS) is 23.5. The molecule has 0 aromatic carbocycles. The van der Waals surface area contributed by atoms with Crippen molar-refractivity contribution in [3.8, 4) is 0 Å². The van der Waals surface area contributed by atoms with Gasteiger partial charge >= 0.3 is 6.18 Å². The average Bonchev–Trinajstić information content (AvgIpc) is 2.96. The van der Waals surface area contributed by atoms with Crippen molar-refractivity contribution in [2.24, 2.45) is 5.92 Å². The molecule has 1 heterocycles. The maximum absolute atomic E-state index is 12.7. The van der Waals surface area contributed by atoms with Gasteiger partial charge in [-0.25, -0.2) is 4.98 Å². The molecule has 2 atom stereocenters. The summed E-state index contributed by atoms with van der Waals surface area (Å²) in [5, 5.41) is 2.89. The first-order chi connectivity index (χ1) is 8.02. The van der Waals surface area contributed by atoms with Gasteiger partial charge in [0.05, 0.1) is 5.56 Å². The van der Waals surface area contributed by atoms with E-state index in [0.717, 1.165) is 25.3 Å². The summed E-state index contributed by atoms with van der Waals surface area (Å²) in [5.41, 5.74) is -0.679. The zero-order valence-corrected chi connectivity index (χ0v) is 9.59. The minimum Gasteiger partial charge on any atom is -0.367 e. The van der Waals surface area contributed by atoms with Crippen LogP contribution in [0.2, 0.25) is 0 Å². The Morgan fingerprint density at radius 2 is 2.24 bits per heavy atom. The molecule has 1 aliphatic carbocycles. The Balaban J connectivity index is 2.07. The number of anilines is 1. The van der Waals surface area contributed by atoms with Crippen LogP contribution in [0.3, 0.4) is 0 Å². The lowest BCUT2D eigenvalue weighted by molar-refractivity contribution is -0.137. The summed E-state index contributed by atoms with van der Waals surface area (Å²) >= 11 is 0. The lowest BCUT2D eigenvalue weighted by Gasteiger charge is -2.12. The molecule has 94 valence electrons. The van der Waals surface area contributed by atoms with Gasteiger partial charge in [0.15, 0.2) is 0 Å². The third kappa shape index (κ3) is 2.90. The van der Waals surface area contributed by atoms with E-state index in [2.05, 4.69) is 17.2 Å². The van der Waals surface area contributed by atoms with Gasteiger partial charge in [0.25, 0.3) is 0 Å². The van der Waals surface area contributed by atoms with Crippen LogP contribution in [-0.2, 0) is 6.18 Å². The fourth-order valence-corrected chi connectivity index (χ4v) is 2.04. The number of nitrogens with one attached hydrogen (secondary N) is 1. The highest BCUT2D eigenvalue weighted by Gasteiger charge is 2.39. The molecular weight excluding hydrogens is 229 g/mol. The van der Waals surface area contributed by atoms with Crippen LogP contribution in [0.15, 0.2) is 18.3 Å². The van der Waals surface area contributed by atoms with Gasteiger partial charge in [-0.15, -0.1) is 0 Å². The van der Waals surface area contributed by atoms with E-state index >= 15 is 0 Å². The summed E-state index contributed by atoms with van der Waals surface area (Å²) < 4.78 is 38.1. The predicted octanol–water partition coefficient (Wildman–Crippen LogP) is 3.70. The van der Waals surface area contributed by atoms with Crippen LogP contribution < -0.4 is 5.32 Å². The SMILES string of the molecule is CCCC1CC1Nc1ncccc1C(F)(F)F. The number of hydrogen-bond donors (Lipinski definition) is 1. The Morgan fingerprint density at radius 3 is 2.88 bits per heavy atom. The van der Waals surface area contributed by atoms with Gasteiger partial charge in [-0.05, 0) is 30.9 Å². The molecule has 1 saturated carbocycles. The number of alkyl halides is 3. The molecule has 0 aliphatic heterocycles. The van der Waals surface area contributed by atoms with Gasteiger partial charge in [-0.1, -0.05) is 13.3 Å². The summed E-state index contributed by atoms with van der Waals surface area (Å²) in [6.07, 6.45) is 0.116. The van der Waals surface area contributed by atoms with Crippen LogP contribution in [0, 0.1) is 5.92 Å². The highest BCUT2D eigenvalue weighted by Crippen LogP contribution is 2.40. The third-order valence-electron chi connectivity index (χ3n) is 3.02. The zero-order chi connectivity index (χ0) is 12.5. The first-order valence-corrected chi connectivity index (χ1v) is 5.81. The number of nitrogens with zero attached hydrogens (tertiary/aromatic N) is 1. The van der Waals surface area contributed by atoms with Gasteiger partial charge in [-0.2, -0.15) is 13.2 Å². The predicted molar refractivity (Wildman–Crippen MR) is 59.7 cm³/mol.